The standard InChI is InChI=1S/C44H63N3O8S2/c1-32(43(5,6)35-18-10-12-20-37(35)45-28-14-16-30-56(49,50)51)22-23-33-24-25-34(40(33)46(9)41(48)55-42(2,3)4)26-27-39-44(7,8)36-19-11-13-21-38(36)47(39)29-15-17-31-57(52,53)54/h10,12-13,18,20-23,26-27,45H,1,11,14-17,19,24-25,28-31H2,2-9H3,(H,49,50,51)(H,52,53,54)/b23-22+,34-26+,39-27+. The molecule has 0 radical (unpaired) electrons. The zero-order chi connectivity index (χ0) is 42.4. The Bertz CT molecular complexity index is 2100. The predicted octanol–water partition coefficient (Wildman–Crippen LogP) is 9.50. The Morgan fingerprint density at radius 2 is 1.61 bits per heavy atom. The van der Waals surface area contributed by atoms with E-state index in [0.717, 1.165) is 57.9 Å². The van der Waals surface area contributed by atoms with Crippen molar-refractivity contribution in [2.75, 3.05) is 37.0 Å². The lowest BCUT2D eigenvalue weighted by Crippen LogP contribution is -2.34. The summed E-state index contributed by atoms with van der Waals surface area (Å²) in [6, 6.07) is 7.96. The van der Waals surface area contributed by atoms with E-state index >= 15 is 0 Å². The number of hydrogen-bond acceptors (Lipinski definition) is 8. The predicted molar refractivity (Wildman–Crippen MR) is 230 cm³/mol. The smallest absolute Gasteiger partial charge is 0.414 e. The highest BCUT2D eigenvalue weighted by Gasteiger charge is 2.41. The number of hydrogen-bond donors (Lipinski definition) is 3. The minimum Gasteiger partial charge on any atom is -0.443 e. The van der Waals surface area contributed by atoms with Crippen molar-refractivity contribution in [2.24, 2.45) is 5.41 Å². The molecule has 0 bridgehead atoms. The van der Waals surface area contributed by atoms with Crippen LogP contribution in [0.3, 0.4) is 0 Å². The summed E-state index contributed by atoms with van der Waals surface area (Å²) in [5.41, 5.74) is 7.69. The van der Waals surface area contributed by atoms with Crippen molar-refractivity contribution in [1.29, 1.82) is 0 Å². The summed E-state index contributed by atoms with van der Waals surface area (Å²) in [6.45, 7) is 19.8. The van der Waals surface area contributed by atoms with Crippen LogP contribution in [-0.2, 0) is 30.4 Å². The number of nitrogens with one attached hydrogen (secondary N) is 1. The maximum absolute atomic E-state index is 13.6. The first-order valence-corrected chi connectivity index (χ1v) is 23.0. The van der Waals surface area contributed by atoms with E-state index in [0.29, 0.717) is 51.6 Å². The second kappa shape index (κ2) is 18.3. The molecule has 0 atom stereocenters. The van der Waals surface area contributed by atoms with Gasteiger partial charge >= 0.3 is 6.09 Å². The molecule has 2 aliphatic carbocycles. The van der Waals surface area contributed by atoms with E-state index in [4.69, 9.17) is 9.29 Å². The first-order valence-electron chi connectivity index (χ1n) is 19.8. The van der Waals surface area contributed by atoms with Gasteiger partial charge in [0.2, 0.25) is 0 Å². The number of likely N-dealkylation sites (N-methyl/N-ethyl adjacent to an activating group) is 1. The van der Waals surface area contributed by atoms with Gasteiger partial charge in [-0.05, 0) is 118 Å². The fourth-order valence-electron chi connectivity index (χ4n) is 7.72. The topological polar surface area (TPSA) is 154 Å². The molecule has 1 heterocycles. The molecular weight excluding hydrogens is 763 g/mol. The number of amides is 1. The summed E-state index contributed by atoms with van der Waals surface area (Å²) in [4.78, 5) is 17.5. The van der Waals surface area contributed by atoms with Crippen LogP contribution in [0.1, 0.15) is 105 Å². The van der Waals surface area contributed by atoms with Gasteiger partial charge < -0.3 is 15.0 Å². The van der Waals surface area contributed by atoms with Crippen LogP contribution >= 0.6 is 0 Å². The van der Waals surface area contributed by atoms with Crippen LogP contribution in [0.25, 0.3) is 0 Å². The molecule has 3 N–H and O–H groups in total. The first kappa shape index (κ1) is 45.8. The molecule has 0 aromatic heterocycles. The van der Waals surface area contributed by atoms with Gasteiger partial charge in [-0.3, -0.25) is 14.0 Å². The van der Waals surface area contributed by atoms with Crippen molar-refractivity contribution in [3.63, 3.8) is 0 Å². The fraction of sp³-hybridized carbons (Fsp3) is 0.523. The van der Waals surface area contributed by atoms with Crippen molar-refractivity contribution < 1.29 is 35.5 Å². The van der Waals surface area contributed by atoms with E-state index in [1.807, 2.05) is 51.1 Å². The molecule has 3 aliphatic rings. The first-order chi connectivity index (χ1) is 26.4. The molecule has 0 saturated carbocycles. The summed E-state index contributed by atoms with van der Waals surface area (Å²) in [7, 11) is -6.28. The normalized spacial score (nSPS) is 18.9. The number of nitrogens with zero attached hydrogens (tertiary/aromatic N) is 2. The van der Waals surface area contributed by atoms with Crippen molar-refractivity contribution in [2.45, 2.75) is 111 Å². The number of ether oxygens (including phenoxy) is 1. The molecule has 1 amide bonds. The lowest BCUT2D eigenvalue weighted by Gasteiger charge is -2.29. The van der Waals surface area contributed by atoms with Gasteiger partial charge in [0.05, 0.1) is 17.2 Å². The van der Waals surface area contributed by atoms with Crippen LogP contribution in [0.15, 0.2) is 107 Å². The molecule has 57 heavy (non-hydrogen) atoms. The van der Waals surface area contributed by atoms with Crippen LogP contribution < -0.4 is 5.32 Å². The zero-order valence-electron chi connectivity index (χ0n) is 35.0. The molecule has 0 unspecified atom stereocenters. The largest absolute Gasteiger partial charge is 0.443 e. The average molecular weight is 826 g/mol. The van der Waals surface area contributed by atoms with E-state index in [-0.39, 0.29) is 16.9 Å². The average Bonchev–Trinajstić information content (AvgIpc) is 3.60. The summed E-state index contributed by atoms with van der Waals surface area (Å²) in [6.07, 6.45) is 17.4. The van der Waals surface area contributed by atoms with Crippen LogP contribution in [0.5, 0.6) is 0 Å². The highest BCUT2D eigenvalue weighted by Crippen LogP contribution is 2.51. The van der Waals surface area contributed by atoms with Gasteiger partial charge in [0.15, 0.2) is 0 Å². The van der Waals surface area contributed by atoms with Crippen molar-refractivity contribution in [3.05, 3.63) is 112 Å². The maximum Gasteiger partial charge on any atom is 0.414 e. The Labute approximate surface area is 341 Å². The third-order valence-electron chi connectivity index (χ3n) is 10.9. The minimum absolute atomic E-state index is 0.267. The second-order valence-corrected chi connectivity index (χ2v) is 20.3. The zero-order valence-corrected chi connectivity index (χ0v) is 36.7. The SMILES string of the molecule is C=C(/C=C/C1=C(N(C)C(=O)OC(C)(C)C)C(=C/C=C2/N(CCCCS(=O)(=O)O)C3=C(CCC=C3)C2(C)C)/CC1)C(C)(C)c1ccccc1NCCCCS(=O)(=O)O. The molecule has 1 aromatic rings. The Morgan fingerprint density at radius 1 is 0.965 bits per heavy atom. The number of para-hydroxylation sites is 1. The van der Waals surface area contributed by atoms with Crippen LogP contribution in [0.2, 0.25) is 0 Å². The Kier molecular flexibility index (Phi) is 14.7. The molecule has 1 aliphatic heterocycles. The molecule has 13 heteroatoms. The quantitative estimate of drug-likeness (QED) is 0.0787. The molecule has 1 aromatic carbocycles. The van der Waals surface area contributed by atoms with Crippen LogP contribution in [0, 0.1) is 5.41 Å². The van der Waals surface area contributed by atoms with Gasteiger partial charge in [-0.15, -0.1) is 0 Å². The van der Waals surface area contributed by atoms with Crippen molar-refractivity contribution >= 4 is 32.0 Å². The second-order valence-electron chi connectivity index (χ2n) is 17.2. The summed E-state index contributed by atoms with van der Waals surface area (Å²) in [5.74, 6) is -0.542. The third-order valence-corrected chi connectivity index (χ3v) is 12.5. The maximum atomic E-state index is 13.6. The molecule has 0 fully saturated rings. The monoisotopic (exact) mass is 825 g/mol. The molecule has 4 rings (SSSR count). The Hall–Kier alpha value is -3.91. The van der Waals surface area contributed by atoms with E-state index in [1.165, 1.54) is 5.57 Å². The third kappa shape index (κ3) is 12.3. The van der Waals surface area contributed by atoms with E-state index < -0.39 is 37.3 Å². The lowest BCUT2D eigenvalue weighted by molar-refractivity contribution is 0.0356. The van der Waals surface area contributed by atoms with Gasteiger partial charge in [-0.1, -0.05) is 76.8 Å². The Balaban J connectivity index is 1.67. The number of benzene rings is 1. The number of anilines is 1. The van der Waals surface area contributed by atoms with Gasteiger partial charge in [0.25, 0.3) is 20.2 Å². The van der Waals surface area contributed by atoms with Gasteiger partial charge in [0, 0.05) is 48.0 Å². The van der Waals surface area contributed by atoms with Crippen LogP contribution in [-0.4, -0.2) is 79.1 Å². The van der Waals surface area contributed by atoms with Crippen molar-refractivity contribution in [3.8, 4) is 0 Å². The summed E-state index contributed by atoms with van der Waals surface area (Å²) < 4.78 is 69.3. The molecule has 0 saturated heterocycles. The number of carbonyl (C=O) groups excluding carboxylic acids is 1. The van der Waals surface area contributed by atoms with Gasteiger partial charge in [-0.2, -0.15) is 16.8 Å². The number of unbranched alkanes of at least 4 members (excludes halogenated alkanes) is 2. The van der Waals surface area contributed by atoms with E-state index in [9.17, 15) is 26.2 Å². The highest BCUT2D eigenvalue weighted by molar-refractivity contribution is 7.86. The van der Waals surface area contributed by atoms with Gasteiger partial charge in [-0.25, -0.2) is 4.79 Å². The highest BCUT2D eigenvalue weighted by atomic mass is 32.2. The number of carbonyl (C=O) groups is 1. The summed E-state index contributed by atoms with van der Waals surface area (Å²) in [5, 5.41) is 3.43. The minimum atomic E-state index is -4.04. The van der Waals surface area contributed by atoms with E-state index in [1.54, 1.807) is 11.9 Å². The molecule has 11 nitrogen and oxygen atoms in total. The fourth-order valence-corrected chi connectivity index (χ4v) is 8.86. The van der Waals surface area contributed by atoms with Crippen molar-refractivity contribution in [1.82, 2.24) is 9.80 Å². The van der Waals surface area contributed by atoms with Gasteiger partial charge in [0.1, 0.15) is 5.60 Å². The molecule has 314 valence electrons. The van der Waals surface area contributed by atoms with E-state index in [2.05, 4.69) is 74.9 Å². The molecule has 0 spiro atoms. The number of allylic oxidation sites excluding steroid dienone is 10. The summed E-state index contributed by atoms with van der Waals surface area (Å²) >= 11 is 0. The Morgan fingerprint density at radius 3 is 2.26 bits per heavy atom. The van der Waals surface area contributed by atoms with Crippen LogP contribution in [0.4, 0.5) is 10.5 Å². The lowest BCUT2D eigenvalue weighted by atomic mass is 9.77. The number of rotatable bonds is 17. The molecular formula is C44H63N3O8S2.